The summed E-state index contributed by atoms with van der Waals surface area (Å²) in [6, 6.07) is 54.8. The number of benzene rings is 9. The molecule has 3 heteroatoms. The fraction of sp³-hybridized carbons (Fsp3) is 0. The average molecular weight is 682 g/mol. The highest BCUT2D eigenvalue weighted by Crippen LogP contribution is 2.42. The van der Waals surface area contributed by atoms with Gasteiger partial charge < -0.3 is 13.9 Å². The third-order valence-corrected chi connectivity index (χ3v) is 10.4. The fourth-order valence-electron chi connectivity index (χ4n) is 7.95. The molecule has 0 atom stereocenters. The number of furan rings is 1. The van der Waals surface area contributed by atoms with Gasteiger partial charge in [0.25, 0.3) is 0 Å². The molecule has 11 aromatic rings. The predicted molar refractivity (Wildman–Crippen MR) is 223 cm³/mol. The van der Waals surface area contributed by atoms with Crippen LogP contribution < -0.4 is 4.90 Å². The van der Waals surface area contributed by atoms with Gasteiger partial charge in [-0.1, -0.05) is 121 Å². The normalized spacial score (nSPS) is 13.1. The van der Waals surface area contributed by atoms with Crippen molar-refractivity contribution in [1.29, 1.82) is 0 Å². The largest absolute Gasteiger partial charge is 0.455 e. The van der Waals surface area contributed by atoms with Crippen LogP contribution in [0.2, 0.25) is 0 Å². The summed E-state index contributed by atoms with van der Waals surface area (Å²) in [4.78, 5) is 2.17. The van der Waals surface area contributed by atoms with Crippen molar-refractivity contribution in [1.82, 2.24) is 4.57 Å². The lowest BCUT2D eigenvalue weighted by Crippen LogP contribution is -2.09. The molecule has 248 valence electrons. The van der Waals surface area contributed by atoms with Crippen LogP contribution in [0.15, 0.2) is 198 Å². The zero-order valence-corrected chi connectivity index (χ0v) is 28.4. The second-order valence-corrected chi connectivity index (χ2v) is 13.4. The van der Waals surface area contributed by atoms with Crippen LogP contribution in [0.1, 0.15) is 6.85 Å². The topological polar surface area (TPSA) is 21.3 Å². The minimum Gasteiger partial charge on any atom is -0.455 e. The van der Waals surface area contributed by atoms with Gasteiger partial charge in [0.2, 0.25) is 0 Å². The Hall–Kier alpha value is -7.10. The third-order valence-electron chi connectivity index (χ3n) is 10.4. The lowest BCUT2D eigenvalue weighted by Gasteiger charge is -2.26. The molecule has 0 radical (unpaired) electrons. The predicted octanol–water partition coefficient (Wildman–Crippen LogP) is 14.1. The van der Waals surface area contributed by atoms with E-state index in [1.54, 1.807) is 0 Å². The van der Waals surface area contributed by atoms with Crippen LogP contribution in [0, 0.1) is 0 Å². The molecule has 2 aromatic heterocycles. The first kappa shape index (κ1) is 25.0. The van der Waals surface area contributed by atoms with Gasteiger partial charge in [-0.05, 0) is 94.0 Å². The molecular weight excluding hydrogens is 645 g/mol. The maximum absolute atomic E-state index is 8.59. The van der Waals surface area contributed by atoms with E-state index in [1.807, 2.05) is 36.4 Å². The number of hydrogen-bond donors (Lipinski definition) is 0. The van der Waals surface area contributed by atoms with E-state index in [4.69, 9.17) is 11.3 Å². The molecule has 0 N–H and O–H groups in total. The van der Waals surface area contributed by atoms with Gasteiger partial charge in [-0.15, -0.1) is 0 Å². The van der Waals surface area contributed by atoms with E-state index in [1.165, 1.54) is 10.8 Å². The summed E-state index contributed by atoms with van der Waals surface area (Å²) in [5.74, 6) is 0. The molecule has 9 aromatic carbocycles. The highest BCUT2D eigenvalue weighted by atomic mass is 16.3. The highest BCUT2D eigenvalue weighted by molar-refractivity contribution is 6.15. The summed E-state index contributed by atoms with van der Waals surface area (Å²) in [6.07, 6.45) is 0. The van der Waals surface area contributed by atoms with E-state index in [2.05, 4.69) is 137 Å². The van der Waals surface area contributed by atoms with Crippen molar-refractivity contribution in [3.63, 3.8) is 0 Å². The van der Waals surface area contributed by atoms with Gasteiger partial charge >= 0.3 is 0 Å². The van der Waals surface area contributed by atoms with Crippen molar-refractivity contribution in [3.8, 4) is 16.8 Å². The average Bonchev–Trinajstić information content (AvgIpc) is 3.81. The molecule has 0 bridgehead atoms. The number of anilines is 3. The van der Waals surface area contributed by atoms with Crippen LogP contribution in [-0.4, -0.2) is 4.57 Å². The first-order valence-electron chi connectivity index (χ1n) is 20.2. The van der Waals surface area contributed by atoms with Gasteiger partial charge in [0.1, 0.15) is 11.2 Å². The number of para-hydroxylation sites is 2. The van der Waals surface area contributed by atoms with E-state index in [0.717, 1.165) is 77.3 Å². The van der Waals surface area contributed by atoms with Crippen molar-refractivity contribution >= 4 is 82.4 Å². The molecule has 11 rings (SSSR count). The van der Waals surface area contributed by atoms with Gasteiger partial charge in [-0.25, -0.2) is 0 Å². The molecule has 0 saturated carbocycles. The molecule has 0 saturated heterocycles. The Bertz CT molecular complexity index is 3400. The van der Waals surface area contributed by atoms with Crippen molar-refractivity contribution in [2.75, 3.05) is 4.90 Å². The Morgan fingerprint density at radius 2 is 1.06 bits per heavy atom. The lowest BCUT2D eigenvalue weighted by atomic mass is 10.0. The minimum absolute atomic E-state index is 0.170. The second kappa shape index (κ2) is 11.7. The first-order valence-corrected chi connectivity index (χ1v) is 17.7. The van der Waals surface area contributed by atoms with Crippen molar-refractivity contribution in [3.05, 3.63) is 194 Å². The Labute approximate surface area is 313 Å². The summed E-state index contributed by atoms with van der Waals surface area (Å²) in [5.41, 5.74) is 8.30. The highest BCUT2D eigenvalue weighted by Gasteiger charge is 2.18. The molecule has 3 nitrogen and oxygen atoms in total. The standard InChI is InChI=1S/C50H32N2O/c1-2-10-33(11-3-1)34-18-23-38(24-19-34)51(41-27-29-45-46-28-22-36-12-4-5-13-42(36)50(46)53-49(45)32-41)39-25-20-35-21-26-40(31-37(35)30-39)52-47-16-8-6-14-43(47)44-15-7-9-17-48(44)52/h1-32H/i1D,2D,3D,10D,11D. The molecule has 0 unspecified atom stereocenters. The minimum atomic E-state index is -0.409. The van der Waals surface area contributed by atoms with Gasteiger partial charge in [0, 0.05) is 55.7 Å². The number of rotatable bonds is 5. The van der Waals surface area contributed by atoms with E-state index >= 15 is 0 Å². The SMILES string of the molecule is [2H]c1c([2H])c([2H])c(-c2ccc(N(c3ccc4ccc(-n5c6ccccc6c6ccccc65)cc4c3)c3ccc4c(c3)oc3c5ccccc5ccc43)cc2)c([2H])c1[2H]. The van der Waals surface area contributed by atoms with Crippen molar-refractivity contribution in [2.45, 2.75) is 0 Å². The molecule has 2 heterocycles. The van der Waals surface area contributed by atoms with E-state index < -0.39 is 6.04 Å². The summed E-state index contributed by atoms with van der Waals surface area (Å²) in [5, 5.41) is 8.84. The summed E-state index contributed by atoms with van der Waals surface area (Å²) in [7, 11) is 0. The van der Waals surface area contributed by atoms with Gasteiger partial charge in [-0.2, -0.15) is 0 Å². The Kier molecular flexibility index (Phi) is 5.52. The van der Waals surface area contributed by atoms with Crippen LogP contribution in [0.5, 0.6) is 0 Å². The van der Waals surface area contributed by atoms with Crippen molar-refractivity contribution < 1.29 is 11.3 Å². The second-order valence-electron chi connectivity index (χ2n) is 13.4. The molecule has 0 spiro atoms. The molecule has 53 heavy (non-hydrogen) atoms. The molecule has 0 fully saturated rings. The number of hydrogen-bond acceptors (Lipinski definition) is 2. The quantitative estimate of drug-likeness (QED) is 0.180. The van der Waals surface area contributed by atoms with Gasteiger partial charge in [0.15, 0.2) is 0 Å². The van der Waals surface area contributed by atoms with E-state index in [9.17, 15) is 0 Å². The van der Waals surface area contributed by atoms with Crippen LogP contribution in [0.3, 0.4) is 0 Å². The maximum Gasteiger partial charge on any atom is 0.143 e. The summed E-state index contributed by atoms with van der Waals surface area (Å²) >= 11 is 0. The number of aromatic nitrogens is 1. The van der Waals surface area contributed by atoms with Crippen molar-refractivity contribution in [2.24, 2.45) is 0 Å². The van der Waals surface area contributed by atoms with Crippen LogP contribution in [0.4, 0.5) is 17.1 Å². The molecule has 0 aliphatic carbocycles. The van der Waals surface area contributed by atoms with Crippen LogP contribution in [0.25, 0.3) is 82.1 Å². The lowest BCUT2D eigenvalue weighted by molar-refractivity contribution is 0.672. The Morgan fingerprint density at radius 3 is 1.85 bits per heavy atom. The Balaban J connectivity index is 1.09. The molecule has 0 amide bonds. The smallest absolute Gasteiger partial charge is 0.143 e. The van der Waals surface area contributed by atoms with E-state index in [0.29, 0.717) is 5.56 Å². The third kappa shape index (κ3) is 4.75. The van der Waals surface area contributed by atoms with E-state index in [-0.39, 0.29) is 29.7 Å². The molecule has 0 aliphatic heterocycles. The van der Waals surface area contributed by atoms with Gasteiger partial charge in [-0.3, -0.25) is 0 Å². The zero-order chi connectivity index (χ0) is 39.2. The number of nitrogens with zero attached hydrogens (tertiary/aromatic N) is 2. The van der Waals surface area contributed by atoms with Crippen LogP contribution >= 0.6 is 0 Å². The molecule has 0 aliphatic rings. The zero-order valence-electron chi connectivity index (χ0n) is 33.4. The fourth-order valence-corrected chi connectivity index (χ4v) is 7.95. The summed E-state index contributed by atoms with van der Waals surface area (Å²) < 4.78 is 50.7. The molecular formula is C50H32N2O. The maximum atomic E-state index is 8.59. The monoisotopic (exact) mass is 681 g/mol. The first-order chi connectivity index (χ1) is 28.3. The summed E-state index contributed by atoms with van der Waals surface area (Å²) in [6.45, 7) is 0. The Morgan fingerprint density at radius 1 is 0.434 bits per heavy atom. The number of fused-ring (bicyclic) bond motifs is 9. The van der Waals surface area contributed by atoms with Gasteiger partial charge in [0.05, 0.1) is 17.9 Å². The van der Waals surface area contributed by atoms with Crippen LogP contribution in [-0.2, 0) is 0 Å².